The molecule has 1 heterocycles. The molecule has 3 rings (SSSR count). The first-order valence-electron chi connectivity index (χ1n) is 7.04. The smallest absolute Gasteiger partial charge is 0.157 e. The third kappa shape index (κ3) is 2.78. The van der Waals surface area contributed by atoms with Gasteiger partial charge >= 0.3 is 0 Å². The van der Waals surface area contributed by atoms with Gasteiger partial charge in [-0.25, -0.2) is 4.39 Å². The summed E-state index contributed by atoms with van der Waals surface area (Å²) in [6.45, 7) is 1.18. The maximum Gasteiger partial charge on any atom is 0.157 e. The molecular weight excluding hydrogens is 347 g/mol. The Kier molecular flexibility index (Phi) is 4.27. The molecule has 1 aliphatic rings. The predicted octanol–water partition coefficient (Wildman–Crippen LogP) is 3.57. The molecule has 0 fully saturated rings. The zero-order valence-corrected chi connectivity index (χ0v) is 13.8. The predicted molar refractivity (Wildman–Crippen MR) is 88.0 cm³/mol. The Morgan fingerprint density at radius 3 is 2.82 bits per heavy atom. The number of benzene rings is 2. The monoisotopic (exact) mass is 362 g/mol. The summed E-state index contributed by atoms with van der Waals surface area (Å²) in [5.74, 6) is -0.264. The minimum atomic E-state index is -0.356. The van der Waals surface area contributed by atoms with Crippen LogP contribution < -0.4 is 4.90 Å². The second-order valence-corrected chi connectivity index (χ2v) is 6.31. The fourth-order valence-corrected chi connectivity index (χ4v) is 3.37. The normalized spacial score (nSPS) is 18.1. The fourth-order valence-electron chi connectivity index (χ4n) is 2.88. The van der Waals surface area contributed by atoms with Crippen LogP contribution in [-0.2, 0) is 17.9 Å². The molecule has 0 N–H and O–H groups in total. The first-order valence-corrected chi connectivity index (χ1v) is 7.83. The van der Waals surface area contributed by atoms with Gasteiger partial charge < -0.3 is 4.90 Å². The number of carbonyl (C=O) groups is 1. The fraction of sp³-hybridized carbons (Fsp3) is 0.235. The number of hydrogen-bond donors (Lipinski definition) is 0. The molecule has 0 saturated carbocycles. The van der Waals surface area contributed by atoms with E-state index in [2.05, 4.69) is 15.9 Å². The van der Waals surface area contributed by atoms with E-state index in [0.29, 0.717) is 13.1 Å². The quantitative estimate of drug-likeness (QED) is 0.779. The van der Waals surface area contributed by atoms with Crippen LogP contribution in [0.3, 0.4) is 0 Å². The molecule has 0 radical (unpaired) electrons. The molecule has 0 spiro atoms. The van der Waals surface area contributed by atoms with Crippen molar-refractivity contribution in [3.63, 3.8) is 0 Å². The number of anilines is 1. The highest BCUT2D eigenvalue weighted by molar-refractivity contribution is 9.10. The largest absolute Gasteiger partial charge is 0.345 e. The van der Waals surface area contributed by atoms with Crippen LogP contribution in [0.25, 0.3) is 0 Å². The van der Waals surface area contributed by atoms with Gasteiger partial charge in [-0.3, -0.25) is 9.69 Å². The topological polar surface area (TPSA) is 23.6 Å². The van der Waals surface area contributed by atoms with Gasteiger partial charge in [0.2, 0.25) is 0 Å². The Bertz CT molecular complexity index is 707. The SMILES string of the molecule is CN1Cc2c(Br)cccc2N(Cc2cccc(F)c2)C1C=O. The number of nitrogens with zero attached hydrogens (tertiary/aromatic N) is 2. The van der Waals surface area contributed by atoms with Gasteiger partial charge in [-0.2, -0.15) is 0 Å². The van der Waals surface area contributed by atoms with Gasteiger partial charge in [0.1, 0.15) is 12.0 Å². The van der Waals surface area contributed by atoms with Crippen LogP contribution in [0.15, 0.2) is 46.9 Å². The Morgan fingerprint density at radius 2 is 2.09 bits per heavy atom. The van der Waals surface area contributed by atoms with E-state index in [1.807, 2.05) is 41.1 Å². The molecule has 0 saturated heterocycles. The molecule has 2 aromatic carbocycles. The second kappa shape index (κ2) is 6.18. The Morgan fingerprint density at radius 1 is 1.32 bits per heavy atom. The molecule has 3 nitrogen and oxygen atoms in total. The van der Waals surface area contributed by atoms with Gasteiger partial charge in [0.15, 0.2) is 6.29 Å². The summed E-state index contributed by atoms with van der Waals surface area (Å²) in [6.07, 6.45) is 0.577. The van der Waals surface area contributed by atoms with Crippen LogP contribution in [0.1, 0.15) is 11.1 Å². The van der Waals surface area contributed by atoms with Crippen molar-refractivity contribution in [1.82, 2.24) is 4.90 Å². The molecule has 1 aliphatic heterocycles. The molecule has 0 amide bonds. The summed E-state index contributed by atoms with van der Waals surface area (Å²) < 4.78 is 14.5. The summed E-state index contributed by atoms with van der Waals surface area (Å²) in [5.41, 5.74) is 2.99. The average Bonchev–Trinajstić information content (AvgIpc) is 2.49. The lowest BCUT2D eigenvalue weighted by Crippen LogP contribution is -2.51. The lowest BCUT2D eigenvalue weighted by Gasteiger charge is -2.42. The Hall–Kier alpha value is -1.72. The summed E-state index contributed by atoms with van der Waals surface area (Å²) >= 11 is 3.57. The second-order valence-electron chi connectivity index (χ2n) is 5.46. The number of carbonyl (C=O) groups excluding carboxylic acids is 1. The molecule has 22 heavy (non-hydrogen) atoms. The molecule has 0 bridgehead atoms. The minimum absolute atomic E-state index is 0.264. The van der Waals surface area contributed by atoms with Crippen LogP contribution in [-0.4, -0.2) is 24.4 Å². The van der Waals surface area contributed by atoms with E-state index in [-0.39, 0.29) is 12.0 Å². The highest BCUT2D eigenvalue weighted by Crippen LogP contribution is 2.35. The lowest BCUT2D eigenvalue weighted by molar-refractivity contribution is -0.112. The van der Waals surface area contributed by atoms with E-state index in [4.69, 9.17) is 0 Å². The first-order chi connectivity index (χ1) is 10.6. The first kappa shape index (κ1) is 15.2. The van der Waals surface area contributed by atoms with Gasteiger partial charge in [0.25, 0.3) is 0 Å². The number of rotatable bonds is 3. The summed E-state index contributed by atoms with van der Waals surface area (Å²) in [4.78, 5) is 15.6. The van der Waals surface area contributed by atoms with Gasteiger partial charge in [-0.05, 0) is 36.9 Å². The number of fused-ring (bicyclic) bond motifs is 1. The third-order valence-electron chi connectivity index (χ3n) is 3.95. The Balaban J connectivity index is 2.03. The molecule has 0 aliphatic carbocycles. The van der Waals surface area contributed by atoms with Crippen LogP contribution in [0.4, 0.5) is 10.1 Å². The lowest BCUT2D eigenvalue weighted by atomic mass is 10.1. The maximum atomic E-state index is 13.4. The van der Waals surface area contributed by atoms with Gasteiger partial charge in [0, 0.05) is 28.8 Å². The van der Waals surface area contributed by atoms with Gasteiger partial charge in [-0.15, -0.1) is 0 Å². The zero-order chi connectivity index (χ0) is 15.7. The molecule has 2 aromatic rings. The molecule has 5 heteroatoms. The molecule has 1 atom stereocenters. The van der Waals surface area contributed by atoms with Crippen molar-refractivity contribution in [3.8, 4) is 0 Å². The highest BCUT2D eigenvalue weighted by atomic mass is 79.9. The van der Waals surface area contributed by atoms with E-state index in [1.54, 1.807) is 6.07 Å². The molecule has 114 valence electrons. The van der Waals surface area contributed by atoms with Gasteiger partial charge in [0.05, 0.1) is 0 Å². The summed E-state index contributed by atoms with van der Waals surface area (Å²) in [7, 11) is 1.92. The van der Waals surface area contributed by atoms with Crippen molar-refractivity contribution in [2.45, 2.75) is 19.3 Å². The number of aldehydes is 1. The maximum absolute atomic E-state index is 13.4. The van der Waals surface area contributed by atoms with Crippen molar-refractivity contribution in [2.75, 3.05) is 11.9 Å². The van der Waals surface area contributed by atoms with E-state index < -0.39 is 0 Å². The average molecular weight is 363 g/mol. The van der Waals surface area contributed by atoms with Crippen LogP contribution >= 0.6 is 15.9 Å². The van der Waals surface area contributed by atoms with Crippen molar-refractivity contribution in [1.29, 1.82) is 0 Å². The highest BCUT2D eigenvalue weighted by Gasteiger charge is 2.30. The minimum Gasteiger partial charge on any atom is -0.345 e. The van der Waals surface area contributed by atoms with Gasteiger partial charge in [-0.1, -0.05) is 34.1 Å². The standard InChI is InChI=1S/C17H16BrFN2O/c1-20-10-14-15(18)6-3-7-16(14)21(17(20)11-22)9-12-4-2-5-13(19)8-12/h2-8,11,17H,9-10H2,1H3. The van der Waals surface area contributed by atoms with Crippen molar-refractivity contribution in [2.24, 2.45) is 0 Å². The van der Waals surface area contributed by atoms with Crippen molar-refractivity contribution in [3.05, 3.63) is 63.9 Å². The van der Waals surface area contributed by atoms with Crippen molar-refractivity contribution >= 4 is 27.9 Å². The summed E-state index contributed by atoms with van der Waals surface area (Å²) in [5, 5.41) is 0. The van der Waals surface area contributed by atoms with E-state index >= 15 is 0 Å². The number of likely N-dealkylation sites (N-methyl/N-ethyl adjacent to an activating group) is 1. The molecule has 1 unspecified atom stereocenters. The van der Waals surface area contributed by atoms with E-state index in [9.17, 15) is 9.18 Å². The summed E-state index contributed by atoms with van der Waals surface area (Å²) in [6, 6.07) is 12.4. The van der Waals surface area contributed by atoms with Crippen molar-refractivity contribution < 1.29 is 9.18 Å². The van der Waals surface area contributed by atoms with Crippen LogP contribution in [0, 0.1) is 5.82 Å². The molecular formula is C17H16BrFN2O. The molecule has 0 aromatic heterocycles. The van der Waals surface area contributed by atoms with Crippen LogP contribution in [0.2, 0.25) is 0 Å². The zero-order valence-electron chi connectivity index (χ0n) is 12.2. The number of halogens is 2. The van der Waals surface area contributed by atoms with Crippen LogP contribution in [0.5, 0.6) is 0 Å². The van der Waals surface area contributed by atoms with E-state index in [1.165, 1.54) is 12.1 Å². The number of hydrogen-bond acceptors (Lipinski definition) is 3. The third-order valence-corrected chi connectivity index (χ3v) is 4.69. The van der Waals surface area contributed by atoms with E-state index in [0.717, 1.165) is 27.6 Å². The Labute approximate surface area is 137 Å².